The van der Waals surface area contributed by atoms with Crippen LogP contribution in [0.1, 0.15) is 171 Å². The summed E-state index contributed by atoms with van der Waals surface area (Å²) in [6.07, 6.45) is 27.7. The number of carbonyl (C=O) groups excluding carboxylic acids is 1. The van der Waals surface area contributed by atoms with Crippen molar-refractivity contribution in [3.63, 3.8) is 0 Å². The predicted octanol–water partition coefficient (Wildman–Crippen LogP) is 16.2. The van der Waals surface area contributed by atoms with E-state index in [1.165, 1.54) is 145 Å². The molecule has 2 aliphatic carbocycles. The van der Waals surface area contributed by atoms with E-state index in [0.717, 1.165) is 37.0 Å². The van der Waals surface area contributed by atoms with Gasteiger partial charge in [0.15, 0.2) is 5.78 Å². The van der Waals surface area contributed by atoms with E-state index in [1.807, 2.05) is 12.2 Å². The highest BCUT2D eigenvalue weighted by Crippen LogP contribution is 2.43. The highest BCUT2D eigenvalue weighted by molar-refractivity contribution is 6.03. The minimum absolute atomic E-state index is 0.107. The molecule has 0 saturated heterocycles. The maximum absolute atomic E-state index is 13.4. The minimum Gasteiger partial charge on any atom is -0.295 e. The molecule has 0 bridgehead atoms. The van der Waals surface area contributed by atoms with E-state index in [4.69, 9.17) is 0 Å². The summed E-state index contributed by atoms with van der Waals surface area (Å²) < 4.78 is 0. The van der Waals surface area contributed by atoms with Crippen molar-refractivity contribution in [2.24, 2.45) is 17.8 Å². The number of rotatable bonds is 17. The van der Waals surface area contributed by atoms with Crippen LogP contribution >= 0.6 is 0 Å². The van der Waals surface area contributed by atoms with Crippen molar-refractivity contribution in [2.45, 2.75) is 149 Å². The Morgan fingerprint density at radius 3 is 1.72 bits per heavy atom. The maximum atomic E-state index is 13.4. The van der Waals surface area contributed by atoms with E-state index in [9.17, 15) is 4.79 Å². The van der Waals surface area contributed by atoms with Gasteiger partial charge in [-0.05, 0) is 155 Å². The fourth-order valence-corrected chi connectivity index (χ4v) is 9.90. The van der Waals surface area contributed by atoms with Gasteiger partial charge in [0.2, 0.25) is 0 Å². The number of hydrogen-bond donors (Lipinski definition) is 0. The standard InChI is InChI=1S/C53H68O/c1-6-11-14-38-16-20-42(21-17-38)43-24-26-44(27-25-43)45-28-30-46(31-29-45)48-32-33-49-50(34-35-53(54)40(9-4)13-8-3)52(36-41(10-5)51(49)37-48)47-22-18-39(19-23-47)15-12-7-2/h10,24-40,42,47H,5-9,11-23H2,1-4H3/b35-34-. The molecule has 2 fully saturated rings. The molecule has 1 atom stereocenters. The number of unbranched alkanes of at least 4 members (excludes halogenated alkanes) is 2. The summed E-state index contributed by atoms with van der Waals surface area (Å²) in [4.78, 5) is 13.4. The molecule has 6 rings (SSSR count). The SMILES string of the molecule is C=Cc1cc(C2CCC(CCCC)CC2)c(/C=C\C(=O)C(CC)CCC)c2ccc(-c3ccc(-c4ccc(C5CCC(CCCC)CC5)cc4)cc3)cc12. The molecule has 2 aliphatic rings. The molecule has 54 heavy (non-hydrogen) atoms. The molecule has 4 aromatic rings. The molecule has 286 valence electrons. The first kappa shape index (κ1) is 40.0. The third-order valence-corrected chi connectivity index (χ3v) is 13.4. The van der Waals surface area contributed by atoms with Gasteiger partial charge in [-0.15, -0.1) is 0 Å². The van der Waals surface area contributed by atoms with Crippen LogP contribution in [0, 0.1) is 17.8 Å². The van der Waals surface area contributed by atoms with Crippen molar-refractivity contribution in [1.82, 2.24) is 0 Å². The Hall–Kier alpha value is -3.71. The summed E-state index contributed by atoms with van der Waals surface area (Å²) in [6, 6.07) is 27.9. The van der Waals surface area contributed by atoms with Crippen LogP contribution < -0.4 is 0 Å². The first-order chi connectivity index (χ1) is 26.5. The van der Waals surface area contributed by atoms with E-state index in [0.29, 0.717) is 5.92 Å². The minimum atomic E-state index is 0.107. The van der Waals surface area contributed by atoms with Crippen LogP contribution in [0.25, 0.3) is 45.2 Å². The number of ketones is 1. The second-order valence-corrected chi connectivity index (χ2v) is 17.0. The van der Waals surface area contributed by atoms with Crippen molar-refractivity contribution < 1.29 is 4.79 Å². The van der Waals surface area contributed by atoms with Crippen LogP contribution in [0.4, 0.5) is 0 Å². The molecule has 0 radical (unpaired) electrons. The molecule has 0 heterocycles. The molecule has 0 spiro atoms. The Kier molecular flexibility index (Phi) is 14.6. The summed E-state index contributed by atoms with van der Waals surface area (Å²) in [7, 11) is 0. The summed E-state index contributed by atoms with van der Waals surface area (Å²) in [5, 5.41) is 2.45. The van der Waals surface area contributed by atoms with Gasteiger partial charge in [-0.1, -0.05) is 158 Å². The number of fused-ring (bicyclic) bond motifs is 1. The second kappa shape index (κ2) is 19.7. The van der Waals surface area contributed by atoms with Gasteiger partial charge in [0.05, 0.1) is 0 Å². The largest absolute Gasteiger partial charge is 0.295 e. The van der Waals surface area contributed by atoms with Crippen LogP contribution in [-0.2, 0) is 4.79 Å². The second-order valence-electron chi connectivity index (χ2n) is 17.0. The smallest absolute Gasteiger partial charge is 0.158 e. The van der Waals surface area contributed by atoms with E-state index in [1.54, 1.807) is 0 Å². The predicted molar refractivity (Wildman–Crippen MR) is 236 cm³/mol. The van der Waals surface area contributed by atoms with E-state index < -0.39 is 0 Å². The van der Waals surface area contributed by atoms with E-state index in [-0.39, 0.29) is 11.7 Å². The summed E-state index contributed by atoms with van der Waals surface area (Å²) in [5.41, 5.74) is 10.3. The lowest BCUT2D eigenvalue weighted by Crippen LogP contribution is -2.15. The monoisotopic (exact) mass is 721 g/mol. The quantitative estimate of drug-likeness (QED) is 0.0993. The lowest BCUT2D eigenvalue weighted by molar-refractivity contribution is -0.118. The number of carbonyl (C=O) groups is 1. The lowest BCUT2D eigenvalue weighted by atomic mass is 9.74. The van der Waals surface area contributed by atoms with Crippen LogP contribution in [0.15, 0.2) is 85.5 Å². The first-order valence-electron chi connectivity index (χ1n) is 22.1. The zero-order valence-electron chi connectivity index (χ0n) is 34.2. The highest BCUT2D eigenvalue weighted by Gasteiger charge is 2.26. The third kappa shape index (κ3) is 9.74. The Morgan fingerprint density at radius 2 is 1.19 bits per heavy atom. The number of hydrogen-bond acceptors (Lipinski definition) is 1. The zero-order valence-corrected chi connectivity index (χ0v) is 34.2. The summed E-state index contributed by atoms with van der Waals surface area (Å²) in [6.45, 7) is 13.2. The maximum Gasteiger partial charge on any atom is 0.158 e. The first-order valence-corrected chi connectivity index (χ1v) is 22.1. The van der Waals surface area contributed by atoms with Crippen molar-refractivity contribution >= 4 is 28.7 Å². The van der Waals surface area contributed by atoms with Crippen molar-refractivity contribution in [1.29, 1.82) is 0 Å². The van der Waals surface area contributed by atoms with Gasteiger partial charge in [0, 0.05) is 5.92 Å². The molecule has 0 aromatic heterocycles. The van der Waals surface area contributed by atoms with Gasteiger partial charge in [-0.3, -0.25) is 4.79 Å². The molecular weight excluding hydrogens is 653 g/mol. The average molecular weight is 721 g/mol. The summed E-state index contributed by atoms with van der Waals surface area (Å²) >= 11 is 0. The molecule has 1 unspecified atom stereocenters. The molecule has 2 saturated carbocycles. The zero-order chi connectivity index (χ0) is 37.9. The molecule has 0 aliphatic heterocycles. The van der Waals surface area contributed by atoms with Gasteiger partial charge in [-0.25, -0.2) is 0 Å². The Morgan fingerprint density at radius 1 is 0.648 bits per heavy atom. The molecule has 1 nitrogen and oxygen atoms in total. The van der Waals surface area contributed by atoms with Gasteiger partial charge in [0.25, 0.3) is 0 Å². The van der Waals surface area contributed by atoms with Crippen LogP contribution in [0.2, 0.25) is 0 Å². The fourth-order valence-electron chi connectivity index (χ4n) is 9.90. The van der Waals surface area contributed by atoms with Crippen molar-refractivity contribution in [2.75, 3.05) is 0 Å². The van der Waals surface area contributed by atoms with Gasteiger partial charge >= 0.3 is 0 Å². The summed E-state index contributed by atoms with van der Waals surface area (Å²) in [5.74, 6) is 3.43. The van der Waals surface area contributed by atoms with Crippen LogP contribution in [0.5, 0.6) is 0 Å². The van der Waals surface area contributed by atoms with Crippen molar-refractivity contribution in [3.05, 3.63) is 108 Å². The molecule has 1 heteroatoms. The van der Waals surface area contributed by atoms with Crippen LogP contribution in [-0.4, -0.2) is 5.78 Å². The topological polar surface area (TPSA) is 17.1 Å². The Balaban J connectivity index is 1.25. The number of allylic oxidation sites excluding steroid dienone is 1. The molecule has 4 aromatic carbocycles. The van der Waals surface area contributed by atoms with Crippen LogP contribution in [0.3, 0.4) is 0 Å². The van der Waals surface area contributed by atoms with E-state index >= 15 is 0 Å². The average Bonchev–Trinajstić information content (AvgIpc) is 3.23. The van der Waals surface area contributed by atoms with Crippen molar-refractivity contribution in [3.8, 4) is 22.3 Å². The Labute approximate surface area is 328 Å². The molecular formula is C53H68O. The highest BCUT2D eigenvalue weighted by atomic mass is 16.1. The normalized spacial score (nSPS) is 21.0. The van der Waals surface area contributed by atoms with Gasteiger partial charge in [0.1, 0.15) is 0 Å². The van der Waals surface area contributed by atoms with E-state index in [2.05, 4.69) is 113 Å². The van der Waals surface area contributed by atoms with Gasteiger partial charge < -0.3 is 0 Å². The number of benzene rings is 4. The molecule has 0 N–H and O–H groups in total. The fraction of sp³-hybridized carbons (Fsp3) is 0.491. The molecule has 0 amide bonds. The van der Waals surface area contributed by atoms with Gasteiger partial charge in [-0.2, -0.15) is 0 Å². The Bertz CT molecular complexity index is 1820. The third-order valence-electron chi connectivity index (χ3n) is 13.4. The lowest BCUT2D eigenvalue weighted by Gasteiger charge is -2.30.